The fourth-order valence-electron chi connectivity index (χ4n) is 7.82. The third-order valence-corrected chi connectivity index (χ3v) is 10.6. The monoisotopic (exact) mass is 931 g/mol. The molecule has 0 saturated carbocycles. The molecule has 58 heavy (non-hydrogen) atoms. The maximum absolute atomic E-state index is 6.49. The Kier molecular flexibility index (Phi) is 9.67. The van der Waals surface area contributed by atoms with Gasteiger partial charge in [0.05, 0.1) is 0 Å². The van der Waals surface area contributed by atoms with E-state index in [1.807, 2.05) is 18.3 Å². The summed E-state index contributed by atoms with van der Waals surface area (Å²) < 4.78 is 8.66. The standard InChI is InChI=1S/C51H38N5O.Pt/c1-51(2,3)37-27-29-52-48(31-37)56-44-22-11-10-19-42(44)43-26-25-39(33-47(43)56)57-49-32-38(28-30-53-49)54-34-55(46-24-13-12-23-45(46)54)50-40(35-15-6-4-7-16-35)20-14-21-41(50)36-17-8-5-9-18-36;/h4-31,34H,1-3H3;/q-3;. The van der Waals surface area contributed by atoms with Gasteiger partial charge in [-0.15, -0.1) is 24.2 Å². The van der Waals surface area contributed by atoms with Crippen molar-refractivity contribution in [1.29, 1.82) is 0 Å². The Morgan fingerprint density at radius 1 is 0.586 bits per heavy atom. The van der Waals surface area contributed by atoms with Crippen LogP contribution in [0.5, 0.6) is 11.6 Å². The molecular formula is C51H38N5OPt-3. The van der Waals surface area contributed by atoms with E-state index < -0.39 is 0 Å². The van der Waals surface area contributed by atoms with Crippen LogP contribution < -0.4 is 14.5 Å². The van der Waals surface area contributed by atoms with Crippen molar-refractivity contribution in [3.8, 4) is 39.7 Å². The number of hydrogen-bond donors (Lipinski definition) is 0. The number of anilines is 4. The van der Waals surface area contributed by atoms with E-state index in [1.54, 1.807) is 6.20 Å². The first-order chi connectivity index (χ1) is 27.9. The number of nitrogens with zero attached hydrogens (tertiary/aromatic N) is 5. The van der Waals surface area contributed by atoms with Crippen molar-refractivity contribution in [2.24, 2.45) is 0 Å². The molecule has 0 amide bonds. The summed E-state index contributed by atoms with van der Waals surface area (Å²) in [5.41, 5.74) is 11.7. The second-order valence-electron chi connectivity index (χ2n) is 15.2. The van der Waals surface area contributed by atoms with Crippen LogP contribution in [-0.2, 0) is 26.5 Å². The molecule has 7 heteroatoms. The van der Waals surface area contributed by atoms with Crippen LogP contribution >= 0.6 is 0 Å². The SMILES string of the molecule is CC(C)(C)c1ccnc(-n2c3[c-]c(Oc4[c-]c(N5[CH-]N(c6c(-c7ccccc7)cccc6-c6ccccc6)c6ccccc65)ccn4)ccc3c3ccccc32)c1.[Pt]. The Balaban J connectivity index is 0.00000436. The molecule has 0 aliphatic carbocycles. The molecule has 6 nitrogen and oxygen atoms in total. The van der Waals surface area contributed by atoms with E-state index in [1.165, 1.54) is 5.56 Å². The molecule has 0 N–H and O–H groups in total. The fourth-order valence-corrected chi connectivity index (χ4v) is 7.82. The molecule has 0 fully saturated rings. The predicted molar refractivity (Wildman–Crippen MR) is 232 cm³/mol. The number of aromatic nitrogens is 3. The second kappa shape index (κ2) is 15.1. The Morgan fingerprint density at radius 3 is 1.93 bits per heavy atom. The van der Waals surface area contributed by atoms with Crippen molar-refractivity contribution in [3.05, 3.63) is 194 Å². The summed E-state index contributed by atoms with van der Waals surface area (Å²) in [6, 6.07) is 61.8. The summed E-state index contributed by atoms with van der Waals surface area (Å²) >= 11 is 0. The maximum Gasteiger partial charge on any atom is 0.135 e. The largest absolute Gasteiger partial charge is 0.503 e. The Hall–Kier alpha value is -6.49. The smallest absolute Gasteiger partial charge is 0.135 e. The average Bonchev–Trinajstić information content (AvgIpc) is 3.80. The van der Waals surface area contributed by atoms with Gasteiger partial charge in [0.1, 0.15) is 11.7 Å². The van der Waals surface area contributed by atoms with Gasteiger partial charge in [-0.1, -0.05) is 135 Å². The van der Waals surface area contributed by atoms with E-state index in [0.717, 1.165) is 72.6 Å². The molecule has 0 unspecified atom stereocenters. The van der Waals surface area contributed by atoms with Crippen LogP contribution in [0, 0.1) is 18.8 Å². The van der Waals surface area contributed by atoms with Gasteiger partial charge in [-0.05, 0) is 64.0 Å². The number of rotatable bonds is 7. The maximum atomic E-state index is 6.49. The van der Waals surface area contributed by atoms with Gasteiger partial charge in [0.25, 0.3) is 0 Å². The van der Waals surface area contributed by atoms with Crippen molar-refractivity contribution in [2.75, 3.05) is 9.80 Å². The third kappa shape index (κ3) is 6.63. The summed E-state index contributed by atoms with van der Waals surface area (Å²) in [6.07, 6.45) is 3.66. The summed E-state index contributed by atoms with van der Waals surface area (Å²) in [5.74, 6) is 1.72. The van der Waals surface area contributed by atoms with Crippen molar-refractivity contribution in [1.82, 2.24) is 14.5 Å². The van der Waals surface area contributed by atoms with Crippen molar-refractivity contribution in [3.63, 3.8) is 0 Å². The number of benzene rings is 6. The summed E-state index contributed by atoms with van der Waals surface area (Å²) in [6.45, 7) is 8.80. The van der Waals surface area contributed by atoms with Gasteiger partial charge >= 0.3 is 0 Å². The second-order valence-corrected chi connectivity index (χ2v) is 15.2. The molecule has 0 atom stereocenters. The molecule has 1 aliphatic rings. The number of fused-ring (bicyclic) bond motifs is 4. The molecule has 0 bridgehead atoms. The Morgan fingerprint density at radius 2 is 1.22 bits per heavy atom. The minimum atomic E-state index is -0.0270. The molecule has 3 aromatic heterocycles. The van der Waals surface area contributed by atoms with E-state index in [9.17, 15) is 0 Å². The predicted octanol–water partition coefficient (Wildman–Crippen LogP) is 13.0. The first-order valence-electron chi connectivity index (χ1n) is 19.2. The fraction of sp³-hybridized carbons (Fsp3) is 0.0784. The van der Waals surface area contributed by atoms with E-state index in [2.05, 4.69) is 205 Å². The van der Waals surface area contributed by atoms with Gasteiger partial charge in [-0.2, -0.15) is 23.9 Å². The molecule has 0 radical (unpaired) electrons. The van der Waals surface area contributed by atoms with Crippen LogP contribution in [0.25, 0.3) is 49.9 Å². The van der Waals surface area contributed by atoms with Crippen LogP contribution in [0.3, 0.4) is 0 Å². The Bertz CT molecular complexity index is 2860. The third-order valence-electron chi connectivity index (χ3n) is 10.6. The average molecular weight is 932 g/mol. The molecule has 0 saturated heterocycles. The van der Waals surface area contributed by atoms with Crippen LogP contribution in [0.2, 0.25) is 0 Å². The van der Waals surface area contributed by atoms with E-state index >= 15 is 0 Å². The zero-order chi connectivity index (χ0) is 38.5. The molecule has 9 aromatic rings. The van der Waals surface area contributed by atoms with E-state index in [4.69, 9.17) is 9.72 Å². The number of pyridine rings is 2. The molecule has 0 spiro atoms. The van der Waals surface area contributed by atoms with Crippen LogP contribution in [0.4, 0.5) is 22.7 Å². The van der Waals surface area contributed by atoms with Gasteiger partial charge in [-0.25, -0.2) is 4.98 Å². The van der Waals surface area contributed by atoms with Crippen molar-refractivity contribution in [2.45, 2.75) is 26.2 Å². The number of hydrogen-bond acceptors (Lipinski definition) is 5. The normalized spacial score (nSPS) is 12.5. The van der Waals surface area contributed by atoms with Crippen LogP contribution in [0.15, 0.2) is 170 Å². The molecule has 1 aliphatic heterocycles. The van der Waals surface area contributed by atoms with Gasteiger partial charge < -0.3 is 19.1 Å². The summed E-state index contributed by atoms with van der Waals surface area (Å²) in [7, 11) is 0. The zero-order valence-electron chi connectivity index (χ0n) is 32.2. The first-order valence-corrected chi connectivity index (χ1v) is 19.2. The molecule has 10 rings (SSSR count). The van der Waals surface area contributed by atoms with E-state index in [-0.39, 0.29) is 26.5 Å². The summed E-state index contributed by atoms with van der Waals surface area (Å²) in [4.78, 5) is 13.9. The number of para-hydroxylation sites is 4. The van der Waals surface area contributed by atoms with Gasteiger partial charge in [0.2, 0.25) is 0 Å². The van der Waals surface area contributed by atoms with Crippen LogP contribution in [-0.4, -0.2) is 14.5 Å². The summed E-state index contributed by atoms with van der Waals surface area (Å²) in [5, 5.41) is 2.20. The van der Waals surface area contributed by atoms with Crippen LogP contribution in [0.1, 0.15) is 26.3 Å². The molecule has 6 aromatic carbocycles. The first kappa shape index (κ1) is 37.1. The minimum Gasteiger partial charge on any atom is -0.503 e. The molecule has 4 heterocycles. The van der Waals surface area contributed by atoms with Crippen molar-refractivity contribution < 1.29 is 25.8 Å². The van der Waals surface area contributed by atoms with Gasteiger partial charge in [-0.3, -0.25) is 4.98 Å². The van der Waals surface area contributed by atoms with Crippen molar-refractivity contribution >= 4 is 44.6 Å². The van der Waals surface area contributed by atoms with Gasteiger partial charge in [0, 0.05) is 66.7 Å². The minimum absolute atomic E-state index is 0. The quantitative estimate of drug-likeness (QED) is 0.149. The molecule has 286 valence electrons. The Labute approximate surface area is 353 Å². The number of ether oxygens (including phenoxy) is 1. The van der Waals surface area contributed by atoms with E-state index in [0.29, 0.717) is 11.6 Å². The topological polar surface area (TPSA) is 46.4 Å². The zero-order valence-corrected chi connectivity index (χ0v) is 34.5. The molecular weight excluding hydrogens is 894 g/mol. The van der Waals surface area contributed by atoms with Gasteiger partial charge in [0.15, 0.2) is 0 Å².